The third-order valence-corrected chi connectivity index (χ3v) is 3.23. The van der Waals surface area contributed by atoms with Crippen molar-refractivity contribution in [3.63, 3.8) is 0 Å². The number of nitrogens with zero attached hydrogens (tertiary/aromatic N) is 1. The highest BCUT2D eigenvalue weighted by molar-refractivity contribution is 7.91. The summed E-state index contributed by atoms with van der Waals surface area (Å²) in [6.07, 6.45) is 6.82. The minimum atomic E-state index is -1.00. The van der Waals surface area contributed by atoms with Crippen LogP contribution in [-0.2, 0) is 16.3 Å². The Kier molecular flexibility index (Phi) is 5.66. The van der Waals surface area contributed by atoms with E-state index < -0.39 is 11.2 Å². The van der Waals surface area contributed by atoms with Crippen molar-refractivity contribution in [3.8, 4) is 0 Å². The van der Waals surface area contributed by atoms with E-state index in [1.54, 1.807) is 12.4 Å². The predicted molar refractivity (Wildman–Crippen MR) is 53.9 cm³/mol. The topological polar surface area (TPSA) is 71.6 Å². The molecule has 0 fully saturated rings. The van der Waals surface area contributed by atoms with Crippen molar-refractivity contribution >= 4 is 11.2 Å². The highest BCUT2D eigenvalue weighted by atomic mass is 32.2. The Morgan fingerprint density at radius 1 is 1.36 bits per heavy atom. The summed E-state index contributed by atoms with van der Waals surface area (Å²) in [6.45, 7) is 0.00126. The zero-order chi connectivity index (χ0) is 10.2. The van der Waals surface area contributed by atoms with Gasteiger partial charge in [-0.2, -0.15) is 4.98 Å². The van der Waals surface area contributed by atoms with Crippen LogP contribution in [0.2, 0.25) is 0 Å². The van der Waals surface area contributed by atoms with Crippen molar-refractivity contribution < 1.29 is 9.66 Å². The van der Waals surface area contributed by atoms with E-state index in [1.165, 1.54) is 0 Å². The van der Waals surface area contributed by atoms with Gasteiger partial charge in [-0.25, -0.2) is 5.11 Å². The summed E-state index contributed by atoms with van der Waals surface area (Å²) < 4.78 is 11.5. The third-order valence-electron chi connectivity index (χ3n) is 1.91. The first kappa shape index (κ1) is 11.6. The number of aromatic amines is 1. The number of hydrogen-bond donors (Lipinski definition) is 1. The van der Waals surface area contributed by atoms with Gasteiger partial charge >= 0.3 is 5.16 Å². The molecule has 0 aromatic carbocycles. The molecule has 0 aliphatic carbocycles. The van der Waals surface area contributed by atoms with Crippen molar-refractivity contribution in [2.24, 2.45) is 0 Å². The fraction of sp³-hybridized carbons (Fsp3) is 0.667. The minimum absolute atomic E-state index is 0.00126. The van der Waals surface area contributed by atoms with Crippen LogP contribution in [0, 0.1) is 0 Å². The van der Waals surface area contributed by atoms with E-state index in [4.69, 9.17) is 0 Å². The fourth-order valence-corrected chi connectivity index (χ4v) is 2.20. The van der Waals surface area contributed by atoms with E-state index >= 15 is 0 Å². The zero-order valence-electron chi connectivity index (χ0n) is 8.07. The molecule has 0 aliphatic rings. The average molecular weight is 215 g/mol. The molecule has 1 N–H and O–H groups in total. The quantitative estimate of drug-likeness (QED) is 0.553. The second-order valence-corrected chi connectivity index (χ2v) is 4.55. The summed E-state index contributed by atoms with van der Waals surface area (Å²) >= 11 is -1.00. The van der Waals surface area contributed by atoms with Gasteiger partial charge in [0.15, 0.2) is 0 Å². The van der Waals surface area contributed by atoms with E-state index in [9.17, 15) is 9.66 Å². The maximum atomic E-state index is 11.5. The standard InChI is InChI=1S/C9H15N2O2S/c12-7-3-1-2-4-8-14(13)9-10-5-6-11-9/h5-6H,1-4,7-8H2,(H,10,11). The van der Waals surface area contributed by atoms with Crippen LogP contribution in [-0.4, -0.2) is 26.9 Å². The molecule has 0 spiro atoms. The van der Waals surface area contributed by atoms with Gasteiger partial charge in [-0.15, -0.1) is 0 Å². The number of hydrogen-bond acceptors (Lipinski definition) is 2. The molecular weight excluding hydrogens is 200 g/mol. The molecule has 1 unspecified atom stereocenters. The third kappa shape index (κ3) is 4.13. The van der Waals surface area contributed by atoms with Crippen molar-refractivity contribution in [1.82, 2.24) is 9.97 Å². The van der Waals surface area contributed by atoms with Gasteiger partial charge in [0.05, 0.1) is 6.61 Å². The number of imidazole rings is 1. The van der Waals surface area contributed by atoms with E-state index in [0.717, 1.165) is 25.7 Å². The molecule has 1 aromatic heterocycles. The van der Waals surface area contributed by atoms with Gasteiger partial charge in [0.2, 0.25) is 0 Å². The second-order valence-electron chi connectivity index (χ2n) is 3.06. The maximum absolute atomic E-state index is 11.5. The molecule has 0 saturated carbocycles. The van der Waals surface area contributed by atoms with E-state index in [2.05, 4.69) is 9.97 Å². The number of nitrogens with one attached hydrogen (secondary N) is 1. The molecule has 1 aromatic rings. The smallest absolute Gasteiger partial charge is 0.320 e. The van der Waals surface area contributed by atoms with Crippen LogP contribution in [0.4, 0.5) is 0 Å². The van der Waals surface area contributed by atoms with Crippen LogP contribution in [0.15, 0.2) is 17.6 Å². The van der Waals surface area contributed by atoms with Crippen LogP contribution in [0.1, 0.15) is 25.7 Å². The molecule has 4 nitrogen and oxygen atoms in total. The van der Waals surface area contributed by atoms with Crippen molar-refractivity contribution in [1.29, 1.82) is 0 Å². The Labute approximate surface area is 86.9 Å². The van der Waals surface area contributed by atoms with Gasteiger partial charge in [-0.3, -0.25) is 0 Å². The van der Waals surface area contributed by atoms with E-state index in [1.807, 2.05) is 0 Å². The highest BCUT2D eigenvalue weighted by Crippen LogP contribution is 2.08. The molecule has 79 valence electrons. The summed E-state index contributed by atoms with van der Waals surface area (Å²) in [4.78, 5) is 6.75. The molecule has 1 rings (SSSR count). The molecule has 5 heteroatoms. The van der Waals surface area contributed by atoms with Gasteiger partial charge in [0.25, 0.3) is 0 Å². The largest absolute Gasteiger partial charge is 0.609 e. The number of unbranched alkanes of at least 4 members (excludes halogenated alkanes) is 3. The van der Waals surface area contributed by atoms with Crippen LogP contribution in [0.5, 0.6) is 0 Å². The molecule has 0 aliphatic heterocycles. The average Bonchev–Trinajstić information content (AvgIpc) is 2.70. The zero-order valence-corrected chi connectivity index (χ0v) is 8.89. The van der Waals surface area contributed by atoms with Gasteiger partial charge in [0, 0.05) is 23.6 Å². The van der Waals surface area contributed by atoms with Gasteiger partial charge in [-0.1, -0.05) is 6.42 Å². The molecule has 1 radical (unpaired) electrons. The lowest BCUT2D eigenvalue weighted by molar-refractivity contribution is 0.186. The monoisotopic (exact) mass is 215 g/mol. The number of H-pyrrole nitrogens is 1. The molecule has 1 heterocycles. The van der Waals surface area contributed by atoms with Crippen LogP contribution >= 0.6 is 0 Å². The predicted octanol–water partition coefficient (Wildman–Crippen LogP) is 1.51. The summed E-state index contributed by atoms with van der Waals surface area (Å²) in [5.41, 5.74) is 0. The van der Waals surface area contributed by atoms with E-state index in [-0.39, 0.29) is 6.61 Å². The maximum Gasteiger partial charge on any atom is 0.320 e. The Morgan fingerprint density at radius 3 is 2.79 bits per heavy atom. The molecule has 0 bridgehead atoms. The molecule has 0 amide bonds. The van der Waals surface area contributed by atoms with Gasteiger partial charge in [-0.05, 0) is 19.3 Å². The summed E-state index contributed by atoms with van der Waals surface area (Å²) in [6, 6.07) is 0. The Morgan fingerprint density at radius 2 is 2.14 bits per heavy atom. The van der Waals surface area contributed by atoms with Crippen LogP contribution in [0.25, 0.3) is 0 Å². The Balaban J connectivity index is 2.07. The minimum Gasteiger partial charge on any atom is -0.609 e. The SMILES string of the molecule is [O]CCCCCC[S+]([O-])c1ncc[nH]1. The summed E-state index contributed by atoms with van der Waals surface area (Å²) in [5, 5.41) is 10.7. The van der Waals surface area contributed by atoms with Crippen molar-refractivity contribution in [2.45, 2.75) is 30.8 Å². The van der Waals surface area contributed by atoms with Crippen LogP contribution in [0.3, 0.4) is 0 Å². The molecule has 1 atom stereocenters. The first-order valence-electron chi connectivity index (χ1n) is 4.80. The van der Waals surface area contributed by atoms with Crippen LogP contribution < -0.4 is 0 Å². The lowest BCUT2D eigenvalue weighted by Crippen LogP contribution is -2.08. The lowest BCUT2D eigenvalue weighted by atomic mass is 10.2. The van der Waals surface area contributed by atoms with Gasteiger partial charge < -0.3 is 9.54 Å². The summed E-state index contributed by atoms with van der Waals surface area (Å²) in [7, 11) is 0. The van der Waals surface area contributed by atoms with Gasteiger partial charge in [0.1, 0.15) is 5.75 Å². The molecule has 0 saturated heterocycles. The second kappa shape index (κ2) is 6.86. The first-order valence-corrected chi connectivity index (χ1v) is 6.12. The number of aromatic nitrogens is 2. The first-order chi connectivity index (χ1) is 6.84. The fourth-order valence-electron chi connectivity index (χ4n) is 1.16. The van der Waals surface area contributed by atoms with E-state index in [0.29, 0.717) is 10.9 Å². The molecular formula is C9H15N2O2S. The van der Waals surface area contributed by atoms with Crippen molar-refractivity contribution in [3.05, 3.63) is 12.4 Å². The Hall–Kier alpha value is -0.520. The number of rotatable bonds is 7. The summed E-state index contributed by atoms with van der Waals surface area (Å²) in [5.74, 6) is 0.631. The highest BCUT2D eigenvalue weighted by Gasteiger charge is 2.11. The molecule has 14 heavy (non-hydrogen) atoms. The Bertz CT molecular complexity index is 229. The van der Waals surface area contributed by atoms with Crippen molar-refractivity contribution in [2.75, 3.05) is 12.4 Å². The normalized spacial score (nSPS) is 13.0. The lowest BCUT2D eigenvalue weighted by Gasteiger charge is -2.05.